The van der Waals surface area contributed by atoms with Crippen molar-refractivity contribution in [3.8, 4) is 0 Å². The van der Waals surface area contributed by atoms with Crippen molar-refractivity contribution in [3.63, 3.8) is 0 Å². The van der Waals surface area contributed by atoms with Crippen molar-refractivity contribution >= 4 is 75.0 Å². The number of carboxylic acid groups (broad SMARTS) is 1. The number of carbonyl (C=O) groups is 1. The van der Waals surface area contributed by atoms with E-state index in [0.29, 0.717) is 30.2 Å². The molecule has 0 aliphatic carbocycles. The number of aromatic nitrogens is 1. The molecular weight excluding hydrogens is 479 g/mol. The number of sulfonamides is 1. The van der Waals surface area contributed by atoms with Gasteiger partial charge in [-0.2, -0.15) is 4.72 Å². The van der Waals surface area contributed by atoms with Crippen molar-refractivity contribution in [2.24, 2.45) is 11.5 Å². The molecule has 8 N–H and O–H groups in total. The van der Waals surface area contributed by atoms with Gasteiger partial charge >= 0.3 is 5.97 Å². The maximum atomic E-state index is 12.7. The molecule has 0 spiro atoms. The number of hydrogen-bond acceptors (Lipinski definition) is 6. The van der Waals surface area contributed by atoms with Gasteiger partial charge in [0.1, 0.15) is 11.9 Å². The standard InChI is InChI=1S/C16H21ClN6O4S.2ClH/c17-12-8-21-14(22-16(19)20)11-7-9(4-5-10(11)12)28(26,27)23-13(15(24)25)3-1-2-6-18;;/h4-5,7-8,13,23H,1-3,6,18H2,(H,24,25)(H4,19,20,21,22);2*1H/t13-;;/m1../s1. The van der Waals surface area contributed by atoms with Crippen LogP contribution in [0, 0.1) is 5.41 Å². The zero-order valence-corrected chi connectivity index (χ0v) is 18.8. The molecule has 2 rings (SSSR count). The maximum absolute atomic E-state index is 12.7. The molecule has 0 aliphatic rings. The number of halogens is 3. The molecule has 0 aliphatic heterocycles. The van der Waals surface area contributed by atoms with Crippen LogP contribution in [0.3, 0.4) is 0 Å². The number of hydrogen-bond donors (Lipinski definition) is 6. The number of guanidine groups is 1. The quantitative estimate of drug-likeness (QED) is 0.171. The number of nitrogens with two attached hydrogens (primary N) is 2. The molecule has 0 radical (unpaired) electrons. The highest BCUT2D eigenvalue weighted by atomic mass is 35.5. The second kappa shape index (κ2) is 12.1. The van der Waals surface area contributed by atoms with Crippen LogP contribution >= 0.6 is 36.4 Å². The van der Waals surface area contributed by atoms with Gasteiger partial charge in [-0.05, 0) is 31.5 Å². The number of pyridine rings is 1. The Morgan fingerprint density at radius 1 is 1.27 bits per heavy atom. The number of nitrogens with one attached hydrogen (secondary N) is 3. The monoisotopic (exact) mass is 500 g/mol. The fraction of sp³-hybridized carbons (Fsp3) is 0.312. The second-order valence-electron chi connectivity index (χ2n) is 6.00. The number of benzene rings is 1. The van der Waals surface area contributed by atoms with Crippen LogP contribution in [0.4, 0.5) is 5.82 Å². The van der Waals surface area contributed by atoms with Crippen LogP contribution in [-0.4, -0.2) is 43.0 Å². The lowest BCUT2D eigenvalue weighted by Gasteiger charge is -2.15. The Bertz CT molecular complexity index is 1010. The summed E-state index contributed by atoms with van der Waals surface area (Å²) in [5, 5.41) is 20.3. The lowest BCUT2D eigenvalue weighted by Crippen LogP contribution is -2.40. The topological polar surface area (TPSA) is 184 Å². The molecule has 168 valence electrons. The van der Waals surface area contributed by atoms with E-state index in [-0.39, 0.29) is 52.9 Å². The van der Waals surface area contributed by atoms with Gasteiger partial charge in [-0.3, -0.25) is 10.2 Å². The van der Waals surface area contributed by atoms with Gasteiger partial charge in [0.2, 0.25) is 10.0 Å². The third-order valence-electron chi connectivity index (χ3n) is 3.92. The molecule has 2 aromatic rings. The van der Waals surface area contributed by atoms with Gasteiger partial charge in [0.15, 0.2) is 5.96 Å². The predicted octanol–water partition coefficient (Wildman–Crippen LogP) is 1.90. The normalized spacial score (nSPS) is 11.8. The average Bonchev–Trinajstić information content (AvgIpc) is 2.62. The molecule has 0 saturated heterocycles. The van der Waals surface area contributed by atoms with Crippen LogP contribution in [0.2, 0.25) is 5.02 Å². The first kappa shape index (κ1) is 28.1. The molecular formula is C16H23Cl3N6O4S. The van der Waals surface area contributed by atoms with E-state index in [1.807, 2.05) is 0 Å². The highest BCUT2D eigenvalue weighted by Crippen LogP contribution is 2.30. The van der Waals surface area contributed by atoms with E-state index in [1.54, 1.807) is 0 Å². The molecule has 0 bridgehead atoms. The Morgan fingerprint density at radius 2 is 1.93 bits per heavy atom. The fourth-order valence-electron chi connectivity index (χ4n) is 2.56. The summed E-state index contributed by atoms with van der Waals surface area (Å²) in [7, 11) is -4.14. The first-order chi connectivity index (χ1) is 13.2. The molecule has 14 heteroatoms. The second-order valence-corrected chi connectivity index (χ2v) is 8.12. The molecule has 1 aromatic carbocycles. The molecule has 1 heterocycles. The number of aliphatic carboxylic acids is 1. The maximum Gasteiger partial charge on any atom is 0.321 e. The van der Waals surface area contributed by atoms with Crippen LogP contribution in [0.25, 0.3) is 10.8 Å². The van der Waals surface area contributed by atoms with E-state index in [1.165, 1.54) is 24.4 Å². The van der Waals surface area contributed by atoms with E-state index in [2.05, 4.69) is 15.0 Å². The van der Waals surface area contributed by atoms with Crippen molar-refractivity contribution in [2.45, 2.75) is 30.2 Å². The van der Waals surface area contributed by atoms with Crippen molar-refractivity contribution in [1.82, 2.24) is 9.71 Å². The molecule has 0 amide bonds. The summed E-state index contributed by atoms with van der Waals surface area (Å²) in [6, 6.07) is 2.80. The lowest BCUT2D eigenvalue weighted by atomic mass is 10.1. The zero-order chi connectivity index (χ0) is 20.9. The van der Waals surface area contributed by atoms with E-state index in [0.717, 1.165) is 0 Å². The van der Waals surface area contributed by atoms with Crippen molar-refractivity contribution in [3.05, 3.63) is 29.4 Å². The zero-order valence-electron chi connectivity index (χ0n) is 15.6. The van der Waals surface area contributed by atoms with Gasteiger partial charge in [-0.25, -0.2) is 13.4 Å². The summed E-state index contributed by atoms with van der Waals surface area (Å²) in [5.41, 5.74) is 10.7. The minimum Gasteiger partial charge on any atom is -0.480 e. The van der Waals surface area contributed by atoms with Crippen molar-refractivity contribution in [2.75, 3.05) is 11.9 Å². The molecule has 1 aromatic heterocycles. The summed E-state index contributed by atoms with van der Waals surface area (Å²) < 4.78 is 27.6. The van der Waals surface area contributed by atoms with Gasteiger partial charge in [0.25, 0.3) is 0 Å². The number of carboxylic acids is 1. The van der Waals surface area contributed by atoms with Gasteiger partial charge in [-0.15, -0.1) is 24.8 Å². The van der Waals surface area contributed by atoms with Crippen LogP contribution in [-0.2, 0) is 14.8 Å². The predicted molar refractivity (Wildman–Crippen MR) is 121 cm³/mol. The number of unbranched alkanes of at least 4 members (excludes halogenated alkanes) is 1. The van der Waals surface area contributed by atoms with E-state index in [4.69, 9.17) is 28.5 Å². The molecule has 0 saturated carbocycles. The highest BCUT2D eigenvalue weighted by Gasteiger charge is 2.25. The van der Waals surface area contributed by atoms with Crippen LogP contribution in [0.5, 0.6) is 0 Å². The first-order valence-corrected chi connectivity index (χ1v) is 10.2. The number of fused-ring (bicyclic) bond motifs is 1. The molecule has 0 fully saturated rings. The van der Waals surface area contributed by atoms with Crippen molar-refractivity contribution < 1.29 is 18.3 Å². The van der Waals surface area contributed by atoms with Gasteiger partial charge in [0.05, 0.1) is 9.92 Å². The van der Waals surface area contributed by atoms with Crippen LogP contribution in [0.1, 0.15) is 19.3 Å². The Balaban J connectivity index is 0.00000420. The van der Waals surface area contributed by atoms with E-state index < -0.39 is 22.0 Å². The van der Waals surface area contributed by atoms with Gasteiger partial charge in [-0.1, -0.05) is 24.1 Å². The third-order valence-corrected chi connectivity index (χ3v) is 5.69. The minimum atomic E-state index is -4.14. The molecule has 10 nitrogen and oxygen atoms in total. The number of anilines is 1. The Labute approximate surface area is 191 Å². The lowest BCUT2D eigenvalue weighted by molar-refractivity contribution is -0.139. The van der Waals surface area contributed by atoms with Gasteiger partial charge < -0.3 is 21.9 Å². The van der Waals surface area contributed by atoms with Crippen molar-refractivity contribution in [1.29, 1.82) is 5.41 Å². The summed E-state index contributed by atoms with van der Waals surface area (Å²) in [6.45, 7) is 0.392. The largest absolute Gasteiger partial charge is 0.480 e. The fourth-order valence-corrected chi connectivity index (χ4v) is 4.03. The Hall–Kier alpha value is -1.89. The van der Waals surface area contributed by atoms with Crippen LogP contribution in [0.15, 0.2) is 29.3 Å². The molecule has 0 unspecified atom stereocenters. The summed E-state index contributed by atoms with van der Waals surface area (Å²) in [5.74, 6) is -1.50. The highest BCUT2D eigenvalue weighted by molar-refractivity contribution is 7.89. The Morgan fingerprint density at radius 3 is 2.50 bits per heavy atom. The van der Waals surface area contributed by atoms with Gasteiger partial charge in [0, 0.05) is 17.0 Å². The first-order valence-electron chi connectivity index (χ1n) is 8.30. The third kappa shape index (κ3) is 7.11. The number of rotatable bonds is 9. The molecule has 1 atom stereocenters. The SMILES string of the molecule is Cl.Cl.N=C(N)Nc1ncc(Cl)c2ccc(S(=O)(=O)N[C@H](CCCCN)C(=O)O)cc12. The van der Waals surface area contributed by atoms with Crippen LogP contribution < -0.4 is 21.5 Å². The smallest absolute Gasteiger partial charge is 0.321 e. The summed E-state index contributed by atoms with van der Waals surface area (Å²) in [4.78, 5) is 15.3. The minimum absolute atomic E-state index is 0. The molecule has 30 heavy (non-hydrogen) atoms. The number of nitrogens with zero attached hydrogens (tertiary/aromatic N) is 1. The van der Waals surface area contributed by atoms with E-state index >= 15 is 0 Å². The van der Waals surface area contributed by atoms with E-state index in [9.17, 15) is 18.3 Å². The summed E-state index contributed by atoms with van der Waals surface area (Å²) in [6.07, 6.45) is 2.52. The summed E-state index contributed by atoms with van der Waals surface area (Å²) >= 11 is 6.10. The Kier molecular flexibility index (Phi) is 11.3. The average molecular weight is 502 g/mol.